The van der Waals surface area contributed by atoms with Crippen LogP contribution in [0.5, 0.6) is 5.75 Å². The summed E-state index contributed by atoms with van der Waals surface area (Å²) < 4.78 is 63.8. The molecule has 0 amide bonds. The highest BCUT2D eigenvalue weighted by atomic mass is 19.2. The Balaban J connectivity index is 2.19. The van der Waals surface area contributed by atoms with Crippen LogP contribution in [0.15, 0.2) is 12.7 Å². The molecule has 1 aromatic carbocycles. The Bertz CT molecular complexity index is 641. The van der Waals surface area contributed by atoms with Crippen LogP contribution in [-0.4, -0.2) is 13.1 Å². The first-order valence-corrected chi connectivity index (χ1v) is 6.86. The van der Waals surface area contributed by atoms with Crippen molar-refractivity contribution in [3.63, 3.8) is 0 Å². The van der Waals surface area contributed by atoms with Gasteiger partial charge < -0.3 is 9.47 Å². The Kier molecular flexibility index (Phi) is 4.41. The minimum absolute atomic E-state index is 0.117. The number of hydrogen-bond donors (Lipinski definition) is 0. The highest BCUT2D eigenvalue weighted by molar-refractivity contribution is 5.78. The summed E-state index contributed by atoms with van der Waals surface area (Å²) in [6.07, 6.45) is 1.60. The Morgan fingerprint density at radius 1 is 1.17 bits per heavy atom. The summed E-state index contributed by atoms with van der Waals surface area (Å²) >= 11 is 0. The van der Waals surface area contributed by atoms with Crippen LogP contribution < -0.4 is 4.74 Å². The number of methoxy groups -OCH3 is 1. The molecule has 0 aliphatic heterocycles. The summed E-state index contributed by atoms with van der Waals surface area (Å²) in [5, 5.41) is 0. The van der Waals surface area contributed by atoms with Crippen molar-refractivity contribution in [2.75, 3.05) is 7.11 Å². The average molecular weight is 332 g/mol. The number of rotatable bonds is 5. The molecule has 7 heteroatoms. The number of benzene rings is 1. The first kappa shape index (κ1) is 17.3. The summed E-state index contributed by atoms with van der Waals surface area (Å²) in [6, 6.07) is 0. The SMILES string of the molecule is C=CC1C(C(=O)OCc2c(F)c(F)c(OC)c(F)c2F)C1(C)C. The van der Waals surface area contributed by atoms with Gasteiger partial charge in [-0.3, -0.25) is 4.79 Å². The fourth-order valence-corrected chi connectivity index (χ4v) is 2.76. The fourth-order valence-electron chi connectivity index (χ4n) is 2.76. The van der Waals surface area contributed by atoms with E-state index < -0.39 is 53.1 Å². The van der Waals surface area contributed by atoms with Crippen molar-refractivity contribution in [1.29, 1.82) is 0 Å². The standard InChI is InChI=1S/C16H16F4O3/c1-5-8-9(16(8,2)3)15(21)23-6-7-10(17)12(19)14(22-4)13(20)11(7)18/h5,8-9H,1,6H2,2-4H3. The summed E-state index contributed by atoms with van der Waals surface area (Å²) in [5.41, 5.74) is -1.37. The number of hydrogen-bond acceptors (Lipinski definition) is 3. The molecule has 1 aromatic rings. The van der Waals surface area contributed by atoms with E-state index in [1.165, 1.54) is 0 Å². The Labute approximate surface area is 130 Å². The van der Waals surface area contributed by atoms with Crippen LogP contribution in [0.1, 0.15) is 19.4 Å². The van der Waals surface area contributed by atoms with Crippen molar-refractivity contribution in [2.24, 2.45) is 17.3 Å². The lowest BCUT2D eigenvalue weighted by Crippen LogP contribution is -2.14. The highest BCUT2D eigenvalue weighted by Gasteiger charge is 2.61. The molecule has 126 valence electrons. The zero-order valence-electron chi connectivity index (χ0n) is 12.9. The number of allylic oxidation sites excluding steroid dienone is 1. The monoisotopic (exact) mass is 332 g/mol. The van der Waals surface area contributed by atoms with Gasteiger partial charge in [-0.15, -0.1) is 6.58 Å². The molecule has 0 radical (unpaired) electrons. The molecule has 0 aromatic heterocycles. The number of ether oxygens (including phenoxy) is 2. The summed E-state index contributed by atoms with van der Waals surface area (Å²) in [5.74, 6) is -9.12. The van der Waals surface area contributed by atoms with E-state index in [0.717, 1.165) is 7.11 Å². The van der Waals surface area contributed by atoms with Crippen LogP contribution in [0, 0.1) is 40.5 Å². The van der Waals surface area contributed by atoms with E-state index in [1.54, 1.807) is 6.08 Å². The van der Waals surface area contributed by atoms with E-state index in [0.29, 0.717) is 0 Å². The molecule has 0 bridgehead atoms. The second kappa shape index (κ2) is 5.86. The van der Waals surface area contributed by atoms with Gasteiger partial charge in [-0.05, 0) is 11.3 Å². The van der Waals surface area contributed by atoms with Crippen molar-refractivity contribution in [3.05, 3.63) is 41.5 Å². The van der Waals surface area contributed by atoms with Gasteiger partial charge in [0, 0.05) is 0 Å². The molecule has 0 N–H and O–H groups in total. The molecule has 1 aliphatic carbocycles. The maximum absolute atomic E-state index is 13.8. The second-order valence-electron chi connectivity index (χ2n) is 5.94. The van der Waals surface area contributed by atoms with Crippen molar-refractivity contribution in [3.8, 4) is 5.75 Å². The summed E-state index contributed by atoms with van der Waals surface area (Å²) in [6.45, 7) is 6.32. The maximum atomic E-state index is 13.8. The second-order valence-corrected chi connectivity index (χ2v) is 5.94. The summed E-state index contributed by atoms with van der Waals surface area (Å²) in [4.78, 5) is 12.0. The van der Waals surface area contributed by atoms with E-state index in [9.17, 15) is 22.4 Å². The Hall–Kier alpha value is -2.05. The molecule has 0 spiro atoms. The first-order valence-electron chi connectivity index (χ1n) is 6.86. The quantitative estimate of drug-likeness (QED) is 0.356. The minimum Gasteiger partial charge on any atom is -0.491 e. The molecule has 23 heavy (non-hydrogen) atoms. The van der Waals surface area contributed by atoms with Gasteiger partial charge >= 0.3 is 5.97 Å². The smallest absolute Gasteiger partial charge is 0.310 e. The lowest BCUT2D eigenvalue weighted by molar-refractivity contribution is -0.147. The molecular formula is C16H16F4O3. The largest absolute Gasteiger partial charge is 0.491 e. The van der Waals surface area contributed by atoms with Crippen LogP contribution >= 0.6 is 0 Å². The average Bonchev–Trinajstić information content (AvgIpc) is 3.07. The molecule has 2 rings (SSSR count). The lowest BCUT2D eigenvalue weighted by Gasteiger charge is -2.11. The van der Waals surface area contributed by atoms with Gasteiger partial charge in [0.05, 0.1) is 18.6 Å². The third-order valence-corrected chi connectivity index (χ3v) is 4.30. The topological polar surface area (TPSA) is 35.5 Å². The molecule has 0 heterocycles. The van der Waals surface area contributed by atoms with Gasteiger partial charge in [0.1, 0.15) is 6.61 Å². The van der Waals surface area contributed by atoms with E-state index in [2.05, 4.69) is 11.3 Å². The van der Waals surface area contributed by atoms with Crippen LogP contribution in [-0.2, 0) is 16.1 Å². The zero-order valence-corrected chi connectivity index (χ0v) is 12.9. The van der Waals surface area contributed by atoms with Gasteiger partial charge in [-0.25, -0.2) is 8.78 Å². The lowest BCUT2D eigenvalue weighted by atomic mass is 10.1. The molecule has 3 nitrogen and oxygen atoms in total. The third kappa shape index (κ3) is 2.68. The maximum Gasteiger partial charge on any atom is 0.310 e. The Morgan fingerprint density at radius 3 is 2.09 bits per heavy atom. The zero-order chi connectivity index (χ0) is 17.5. The van der Waals surface area contributed by atoms with Crippen molar-refractivity contribution >= 4 is 5.97 Å². The predicted octanol–water partition coefficient (Wildman–Crippen LogP) is 3.75. The Morgan fingerprint density at radius 2 is 1.70 bits per heavy atom. The first-order chi connectivity index (χ1) is 10.7. The normalized spacial score (nSPS) is 21.7. The van der Waals surface area contributed by atoms with E-state index in [4.69, 9.17) is 4.74 Å². The van der Waals surface area contributed by atoms with Crippen molar-refractivity contribution in [2.45, 2.75) is 20.5 Å². The van der Waals surface area contributed by atoms with E-state index >= 15 is 0 Å². The third-order valence-electron chi connectivity index (χ3n) is 4.30. The summed E-state index contributed by atoms with van der Waals surface area (Å²) in [7, 11) is 0.880. The minimum atomic E-state index is -1.67. The number of halogens is 4. The number of carbonyl (C=O) groups is 1. The highest BCUT2D eigenvalue weighted by Crippen LogP contribution is 2.59. The number of esters is 1. The van der Waals surface area contributed by atoms with Crippen LogP contribution in [0.4, 0.5) is 17.6 Å². The molecule has 2 atom stereocenters. The van der Waals surface area contributed by atoms with Crippen LogP contribution in [0.3, 0.4) is 0 Å². The van der Waals surface area contributed by atoms with Crippen LogP contribution in [0.2, 0.25) is 0 Å². The molecule has 0 saturated heterocycles. The van der Waals surface area contributed by atoms with Gasteiger partial charge in [0.15, 0.2) is 17.4 Å². The molecule has 1 fully saturated rings. The number of carbonyl (C=O) groups excluding carboxylic acids is 1. The molecular weight excluding hydrogens is 316 g/mol. The van der Waals surface area contributed by atoms with E-state index in [1.807, 2.05) is 13.8 Å². The van der Waals surface area contributed by atoms with Gasteiger partial charge in [0.2, 0.25) is 11.6 Å². The van der Waals surface area contributed by atoms with Gasteiger partial charge in [0.25, 0.3) is 0 Å². The molecule has 1 aliphatic rings. The van der Waals surface area contributed by atoms with Gasteiger partial charge in [-0.2, -0.15) is 8.78 Å². The fraction of sp³-hybridized carbons (Fsp3) is 0.438. The van der Waals surface area contributed by atoms with Gasteiger partial charge in [-0.1, -0.05) is 19.9 Å². The molecule has 2 unspecified atom stereocenters. The van der Waals surface area contributed by atoms with E-state index in [-0.39, 0.29) is 11.3 Å². The molecule has 1 saturated carbocycles. The van der Waals surface area contributed by atoms with Crippen LogP contribution in [0.25, 0.3) is 0 Å². The van der Waals surface area contributed by atoms with Crippen molar-refractivity contribution in [1.82, 2.24) is 0 Å². The van der Waals surface area contributed by atoms with Crippen molar-refractivity contribution < 1.29 is 31.8 Å². The predicted molar refractivity (Wildman–Crippen MR) is 73.6 cm³/mol.